The summed E-state index contributed by atoms with van der Waals surface area (Å²) in [6, 6.07) is -0.215. The van der Waals surface area contributed by atoms with Crippen molar-refractivity contribution in [2.45, 2.75) is 19.9 Å². The monoisotopic (exact) mass is 295 g/mol. The summed E-state index contributed by atoms with van der Waals surface area (Å²) >= 11 is 1.51. The topological polar surface area (TPSA) is 132 Å². The van der Waals surface area contributed by atoms with E-state index in [0.29, 0.717) is 0 Å². The summed E-state index contributed by atoms with van der Waals surface area (Å²) in [5.41, 5.74) is 1.89. The van der Waals surface area contributed by atoms with Gasteiger partial charge in [-0.25, -0.2) is 20.8 Å². The highest BCUT2D eigenvalue weighted by molar-refractivity contribution is 7.11. The average molecular weight is 295 g/mol. The molecule has 0 fully saturated rings. The maximum Gasteiger partial charge on any atom is 0.354 e. The molecule has 0 aliphatic rings. The fraction of sp³-hybridized carbons (Fsp3) is 0.300. The number of nitrogen functional groups attached to an aromatic ring is 1. The molecule has 0 saturated carbocycles. The second-order valence-electron chi connectivity index (χ2n) is 4.00. The van der Waals surface area contributed by atoms with Crippen LogP contribution in [0, 0.1) is 17.0 Å². The number of nitrogens with two attached hydrogens (primary N) is 1. The quantitative estimate of drug-likeness (QED) is 0.430. The molecule has 20 heavy (non-hydrogen) atoms. The molecule has 106 valence electrons. The van der Waals surface area contributed by atoms with Crippen LogP contribution in [0.4, 0.5) is 17.3 Å². The van der Waals surface area contributed by atoms with Gasteiger partial charge in [0.15, 0.2) is 0 Å². The lowest BCUT2D eigenvalue weighted by molar-refractivity contribution is -0.383. The van der Waals surface area contributed by atoms with Crippen molar-refractivity contribution < 1.29 is 4.92 Å². The third-order valence-corrected chi connectivity index (χ3v) is 3.60. The number of nitro groups is 1. The van der Waals surface area contributed by atoms with E-state index in [1.807, 2.05) is 13.8 Å². The minimum Gasteiger partial charge on any atom is -0.355 e. The number of rotatable bonds is 5. The first-order valence-electron chi connectivity index (χ1n) is 5.67. The van der Waals surface area contributed by atoms with Crippen LogP contribution in [0.3, 0.4) is 0 Å². The molecular formula is C10H13N7O2S. The fourth-order valence-electron chi connectivity index (χ4n) is 1.60. The van der Waals surface area contributed by atoms with Crippen molar-refractivity contribution in [2.75, 3.05) is 10.7 Å². The van der Waals surface area contributed by atoms with E-state index in [2.05, 4.69) is 25.7 Å². The maximum absolute atomic E-state index is 11.1. The summed E-state index contributed by atoms with van der Waals surface area (Å²) in [7, 11) is 0. The van der Waals surface area contributed by atoms with E-state index in [1.165, 1.54) is 17.7 Å². The van der Waals surface area contributed by atoms with Gasteiger partial charge >= 0.3 is 5.69 Å². The molecule has 9 nitrogen and oxygen atoms in total. The molecule has 0 aliphatic heterocycles. The molecule has 4 N–H and O–H groups in total. The van der Waals surface area contributed by atoms with E-state index in [-0.39, 0.29) is 23.4 Å². The smallest absolute Gasteiger partial charge is 0.354 e. The number of hydrogen-bond donors (Lipinski definition) is 3. The molecule has 0 amide bonds. The van der Waals surface area contributed by atoms with Gasteiger partial charge in [0.05, 0.1) is 11.0 Å². The van der Waals surface area contributed by atoms with E-state index in [4.69, 9.17) is 5.84 Å². The summed E-state index contributed by atoms with van der Waals surface area (Å²) in [6.45, 7) is 3.79. The zero-order valence-electron chi connectivity index (χ0n) is 10.8. The number of hydrogen-bond acceptors (Lipinski definition) is 9. The van der Waals surface area contributed by atoms with Gasteiger partial charge < -0.3 is 10.7 Å². The first-order chi connectivity index (χ1) is 9.52. The van der Waals surface area contributed by atoms with Gasteiger partial charge in [-0.1, -0.05) is 0 Å². The van der Waals surface area contributed by atoms with Crippen LogP contribution in [0.1, 0.15) is 22.9 Å². The second kappa shape index (κ2) is 5.75. The molecule has 0 aliphatic carbocycles. The van der Waals surface area contributed by atoms with Crippen LogP contribution in [0.25, 0.3) is 0 Å². The van der Waals surface area contributed by atoms with Gasteiger partial charge in [-0.2, -0.15) is 0 Å². The molecule has 2 aromatic rings. The molecule has 0 aromatic carbocycles. The highest BCUT2D eigenvalue weighted by Gasteiger charge is 2.24. The van der Waals surface area contributed by atoms with Crippen molar-refractivity contribution in [3.63, 3.8) is 0 Å². The van der Waals surface area contributed by atoms with E-state index in [1.54, 1.807) is 6.20 Å². The molecule has 2 heterocycles. The van der Waals surface area contributed by atoms with Crippen LogP contribution in [-0.2, 0) is 0 Å². The van der Waals surface area contributed by atoms with E-state index in [9.17, 15) is 10.1 Å². The van der Waals surface area contributed by atoms with Crippen LogP contribution >= 0.6 is 11.3 Å². The van der Waals surface area contributed by atoms with Crippen LogP contribution in [0.2, 0.25) is 0 Å². The van der Waals surface area contributed by atoms with E-state index in [0.717, 1.165) is 9.88 Å². The third-order valence-electron chi connectivity index (χ3n) is 2.50. The molecule has 2 aromatic heterocycles. The summed E-state index contributed by atoms with van der Waals surface area (Å²) in [5, 5.41) is 14.9. The maximum atomic E-state index is 11.1. The van der Waals surface area contributed by atoms with E-state index >= 15 is 0 Å². The average Bonchev–Trinajstić information content (AvgIpc) is 2.84. The zero-order valence-corrected chi connectivity index (χ0v) is 11.6. The number of aryl methyl sites for hydroxylation is 1. The largest absolute Gasteiger partial charge is 0.355 e. The summed E-state index contributed by atoms with van der Waals surface area (Å²) in [4.78, 5) is 23.4. The van der Waals surface area contributed by atoms with Crippen molar-refractivity contribution in [3.8, 4) is 0 Å². The molecular weight excluding hydrogens is 282 g/mol. The molecule has 10 heteroatoms. The highest BCUT2D eigenvalue weighted by Crippen LogP contribution is 2.31. The number of aromatic nitrogens is 3. The lowest BCUT2D eigenvalue weighted by Crippen LogP contribution is -2.15. The van der Waals surface area contributed by atoms with Gasteiger partial charge in [0.1, 0.15) is 11.3 Å². The minimum absolute atomic E-state index is 0.0463. The molecule has 0 spiro atoms. The molecule has 1 atom stereocenters. The fourth-order valence-corrected chi connectivity index (χ4v) is 2.38. The highest BCUT2D eigenvalue weighted by atomic mass is 32.1. The Balaban J connectivity index is 2.31. The van der Waals surface area contributed by atoms with Crippen LogP contribution in [-0.4, -0.2) is 19.9 Å². The van der Waals surface area contributed by atoms with Crippen molar-refractivity contribution in [2.24, 2.45) is 5.84 Å². The first kappa shape index (κ1) is 14.1. The predicted octanol–water partition coefficient (Wildman–Crippen LogP) is 1.61. The second-order valence-corrected chi connectivity index (χ2v) is 5.26. The van der Waals surface area contributed by atoms with Crippen LogP contribution in [0.5, 0.6) is 0 Å². The SMILES string of the molecule is Cc1cnc(C(C)Nc2ncnc(NN)c2[N+](=O)[O-])s1. The summed E-state index contributed by atoms with van der Waals surface area (Å²) in [5.74, 6) is 5.27. The summed E-state index contributed by atoms with van der Waals surface area (Å²) in [6.07, 6.45) is 2.95. The van der Waals surface area contributed by atoms with Gasteiger partial charge in [-0.3, -0.25) is 10.1 Å². The number of thiazole rings is 1. The standard InChI is InChI=1S/C10H13N7O2S/c1-5-3-12-10(20-5)6(2)15-8-7(17(18)19)9(16-11)14-4-13-8/h3-4,6H,11H2,1-2H3,(H2,13,14,15,16). The van der Waals surface area contributed by atoms with Gasteiger partial charge in [0.25, 0.3) is 0 Å². The van der Waals surface area contributed by atoms with Crippen molar-refractivity contribution in [1.82, 2.24) is 15.0 Å². The number of anilines is 2. The van der Waals surface area contributed by atoms with Gasteiger partial charge in [0.2, 0.25) is 11.6 Å². The lowest BCUT2D eigenvalue weighted by atomic mass is 10.3. The third kappa shape index (κ3) is 2.81. The lowest BCUT2D eigenvalue weighted by Gasteiger charge is -2.12. The Morgan fingerprint density at radius 2 is 2.10 bits per heavy atom. The van der Waals surface area contributed by atoms with Crippen molar-refractivity contribution >= 4 is 28.7 Å². The minimum atomic E-state index is -0.586. The van der Waals surface area contributed by atoms with E-state index < -0.39 is 4.92 Å². The van der Waals surface area contributed by atoms with Gasteiger partial charge in [-0.05, 0) is 13.8 Å². The Morgan fingerprint density at radius 1 is 1.40 bits per heavy atom. The van der Waals surface area contributed by atoms with Crippen LogP contribution < -0.4 is 16.6 Å². The normalized spacial score (nSPS) is 11.9. The Hall–Kier alpha value is -2.33. The molecule has 0 saturated heterocycles. The molecule has 0 bridgehead atoms. The number of nitrogens with zero attached hydrogens (tertiary/aromatic N) is 4. The predicted molar refractivity (Wildman–Crippen MR) is 75.4 cm³/mol. The van der Waals surface area contributed by atoms with Crippen molar-refractivity contribution in [3.05, 3.63) is 32.5 Å². The number of hydrazine groups is 1. The van der Waals surface area contributed by atoms with Crippen molar-refractivity contribution in [1.29, 1.82) is 0 Å². The Kier molecular flexibility index (Phi) is 4.05. The Morgan fingerprint density at radius 3 is 2.65 bits per heavy atom. The van der Waals surface area contributed by atoms with Crippen LogP contribution in [0.15, 0.2) is 12.5 Å². The summed E-state index contributed by atoms with van der Waals surface area (Å²) < 4.78 is 0. The number of nitrogens with one attached hydrogen (secondary N) is 2. The Bertz CT molecular complexity index is 630. The zero-order chi connectivity index (χ0) is 14.7. The molecule has 1 unspecified atom stereocenters. The molecule has 0 radical (unpaired) electrons. The Labute approximate surface area is 118 Å². The van der Waals surface area contributed by atoms with Gasteiger partial charge in [-0.15, -0.1) is 11.3 Å². The first-order valence-corrected chi connectivity index (χ1v) is 6.49. The van der Waals surface area contributed by atoms with Gasteiger partial charge in [0, 0.05) is 11.1 Å². The molecule has 2 rings (SSSR count).